The van der Waals surface area contributed by atoms with Gasteiger partial charge in [0, 0.05) is 20.2 Å². The van der Waals surface area contributed by atoms with Gasteiger partial charge in [-0.1, -0.05) is 0 Å². The molecule has 14 heavy (non-hydrogen) atoms. The van der Waals surface area contributed by atoms with Gasteiger partial charge in [-0.3, -0.25) is 0 Å². The number of amides is 1. The molecule has 3 N–H and O–H groups in total. The van der Waals surface area contributed by atoms with Crippen molar-refractivity contribution in [1.29, 1.82) is 0 Å². The van der Waals surface area contributed by atoms with E-state index in [9.17, 15) is 4.79 Å². The number of hydrogen-bond acceptors (Lipinski definition) is 4. The fraction of sp³-hybridized carbons (Fsp3) is 0.889. The molecule has 1 atom stereocenters. The third-order valence-corrected chi connectivity index (χ3v) is 1.47. The minimum absolute atomic E-state index is 0.164. The predicted molar refractivity (Wildman–Crippen MR) is 54.1 cm³/mol. The fourth-order valence-electron chi connectivity index (χ4n) is 0.774. The highest BCUT2D eigenvalue weighted by Gasteiger charge is 2.16. The summed E-state index contributed by atoms with van der Waals surface area (Å²) in [6.07, 6.45) is -0.615. The number of alkyl carbamates (subject to hydrolysis) is 1. The lowest BCUT2D eigenvalue weighted by molar-refractivity contribution is 0.0465. The number of nitrogens with one attached hydrogen (secondary N) is 1. The van der Waals surface area contributed by atoms with E-state index >= 15 is 0 Å². The standard InChI is InChI=1S/C9H20N2O3/c1-9(2,3)14-8(12)11-6-7(5-10)13-4/h7H,5-6,10H2,1-4H3,(H,11,12). The van der Waals surface area contributed by atoms with Crippen molar-refractivity contribution in [1.82, 2.24) is 5.32 Å². The Bertz CT molecular complexity index is 173. The van der Waals surface area contributed by atoms with Crippen LogP contribution in [-0.4, -0.2) is 38.0 Å². The monoisotopic (exact) mass is 204 g/mol. The molecule has 0 aliphatic carbocycles. The number of ether oxygens (including phenoxy) is 2. The molecule has 0 radical (unpaired) electrons. The molecule has 0 aliphatic rings. The molecule has 0 saturated heterocycles. The van der Waals surface area contributed by atoms with E-state index in [1.165, 1.54) is 0 Å². The molecule has 0 rings (SSSR count). The summed E-state index contributed by atoms with van der Waals surface area (Å²) in [7, 11) is 1.55. The predicted octanol–water partition coefficient (Wildman–Crippen LogP) is 0.485. The highest BCUT2D eigenvalue weighted by Crippen LogP contribution is 2.06. The molecule has 0 aromatic heterocycles. The average Bonchev–Trinajstić information content (AvgIpc) is 2.03. The van der Waals surface area contributed by atoms with Crippen molar-refractivity contribution < 1.29 is 14.3 Å². The average molecular weight is 204 g/mol. The zero-order valence-corrected chi connectivity index (χ0v) is 9.29. The van der Waals surface area contributed by atoms with Gasteiger partial charge in [-0.2, -0.15) is 0 Å². The second-order valence-electron chi connectivity index (χ2n) is 3.98. The second kappa shape index (κ2) is 5.82. The van der Waals surface area contributed by atoms with Gasteiger partial charge in [0.25, 0.3) is 0 Å². The van der Waals surface area contributed by atoms with Gasteiger partial charge < -0.3 is 20.5 Å². The molecule has 0 heterocycles. The number of rotatable bonds is 4. The summed E-state index contributed by atoms with van der Waals surface area (Å²) in [5.41, 5.74) is 4.90. The van der Waals surface area contributed by atoms with Gasteiger partial charge in [-0.15, -0.1) is 0 Å². The Morgan fingerprint density at radius 3 is 2.43 bits per heavy atom. The molecule has 5 heteroatoms. The summed E-state index contributed by atoms with van der Waals surface area (Å²) in [4.78, 5) is 11.2. The van der Waals surface area contributed by atoms with E-state index in [4.69, 9.17) is 15.2 Å². The van der Waals surface area contributed by atoms with Crippen molar-refractivity contribution in [3.63, 3.8) is 0 Å². The van der Waals surface area contributed by atoms with E-state index in [2.05, 4.69) is 5.32 Å². The Labute approximate surface area is 84.9 Å². The minimum Gasteiger partial charge on any atom is -0.444 e. The van der Waals surface area contributed by atoms with Crippen molar-refractivity contribution in [2.24, 2.45) is 5.73 Å². The first-order chi connectivity index (χ1) is 6.39. The SMILES string of the molecule is COC(CN)CNC(=O)OC(C)(C)C. The summed E-state index contributed by atoms with van der Waals surface area (Å²) in [6, 6.07) is 0. The first kappa shape index (κ1) is 13.2. The smallest absolute Gasteiger partial charge is 0.407 e. The van der Waals surface area contributed by atoms with E-state index < -0.39 is 11.7 Å². The van der Waals surface area contributed by atoms with Crippen molar-refractivity contribution in [3.8, 4) is 0 Å². The van der Waals surface area contributed by atoms with Gasteiger partial charge in [0.2, 0.25) is 0 Å². The highest BCUT2D eigenvalue weighted by molar-refractivity contribution is 5.67. The number of methoxy groups -OCH3 is 1. The third-order valence-electron chi connectivity index (χ3n) is 1.47. The van der Waals surface area contributed by atoms with Crippen molar-refractivity contribution in [2.75, 3.05) is 20.2 Å². The Hall–Kier alpha value is -0.810. The van der Waals surface area contributed by atoms with E-state index in [0.717, 1.165) is 0 Å². The number of carbonyl (C=O) groups is 1. The van der Waals surface area contributed by atoms with Crippen LogP contribution in [0.25, 0.3) is 0 Å². The quantitative estimate of drug-likeness (QED) is 0.698. The maximum atomic E-state index is 11.2. The summed E-state index contributed by atoms with van der Waals surface area (Å²) in [5.74, 6) is 0. The maximum Gasteiger partial charge on any atom is 0.407 e. The number of nitrogens with two attached hydrogens (primary N) is 1. The summed E-state index contributed by atoms with van der Waals surface area (Å²) < 4.78 is 10.0. The molecule has 0 aromatic rings. The first-order valence-corrected chi connectivity index (χ1v) is 4.58. The lowest BCUT2D eigenvalue weighted by Gasteiger charge is -2.21. The van der Waals surface area contributed by atoms with Crippen LogP contribution in [0, 0.1) is 0 Å². The number of hydrogen-bond donors (Lipinski definition) is 2. The number of carbonyl (C=O) groups excluding carboxylic acids is 1. The van der Waals surface area contributed by atoms with Gasteiger partial charge in [-0.25, -0.2) is 4.79 Å². The molecule has 0 bridgehead atoms. The van der Waals surface area contributed by atoms with Crippen molar-refractivity contribution >= 4 is 6.09 Å². The second-order valence-corrected chi connectivity index (χ2v) is 3.98. The maximum absolute atomic E-state index is 11.2. The van der Waals surface area contributed by atoms with Gasteiger partial charge in [0.15, 0.2) is 0 Å². The van der Waals surface area contributed by atoms with Crippen LogP contribution >= 0.6 is 0 Å². The molecule has 1 unspecified atom stereocenters. The van der Waals surface area contributed by atoms with Crippen LogP contribution in [0.2, 0.25) is 0 Å². The molecule has 0 aliphatic heterocycles. The normalized spacial score (nSPS) is 13.5. The van der Waals surface area contributed by atoms with Gasteiger partial charge in [-0.05, 0) is 20.8 Å². The molecule has 1 amide bonds. The molecule has 0 saturated carbocycles. The topological polar surface area (TPSA) is 73.6 Å². The van der Waals surface area contributed by atoms with Crippen LogP contribution < -0.4 is 11.1 Å². The molecule has 0 aromatic carbocycles. The van der Waals surface area contributed by atoms with Gasteiger partial charge >= 0.3 is 6.09 Å². The Balaban J connectivity index is 3.74. The van der Waals surface area contributed by atoms with Gasteiger partial charge in [0.1, 0.15) is 5.60 Å². The minimum atomic E-state index is -0.477. The highest BCUT2D eigenvalue weighted by atomic mass is 16.6. The van der Waals surface area contributed by atoms with Crippen molar-refractivity contribution in [2.45, 2.75) is 32.5 Å². The van der Waals surface area contributed by atoms with E-state index in [1.54, 1.807) is 7.11 Å². The Morgan fingerprint density at radius 1 is 1.50 bits per heavy atom. The molecule has 5 nitrogen and oxygen atoms in total. The summed E-state index contributed by atoms with van der Waals surface area (Å²) in [5, 5.41) is 2.57. The van der Waals surface area contributed by atoms with E-state index in [0.29, 0.717) is 13.1 Å². The van der Waals surface area contributed by atoms with Crippen LogP contribution in [0.15, 0.2) is 0 Å². The molecular weight excluding hydrogens is 184 g/mol. The van der Waals surface area contributed by atoms with Crippen LogP contribution in [-0.2, 0) is 9.47 Å². The van der Waals surface area contributed by atoms with E-state index in [-0.39, 0.29) is 6.10 Å². The zero-order chi connectivity index (χ0) is 11.2. The first-order valence-electron chi connectivity index (χ1n) is 4.58. The van der Waals surface area contributed by atoms with Crippen LogP contribution in [0.5, 0.6) is 0 Å². The summed E-state index contributed by atoms with van der Waals surface area (Å²) >= 11 is 0. The molecule has 84 valence electrons. The Kier molecular flexibility index (Phi) is 5.49. The third kappa shape index (κ3) is 6.68. The molecule has 0 spiro atoms. The molecule has 0 fully saturated rings. The molecular formula is C9H20N2O3. The van der Waals surface area contributed by atoms with Crippen molar-refractivity contribution in [3.05, 3.63) is 0 Å². The lowest BCUT2D eigenvalue weighted by atomic mass is 10.2. The van der Waals surface area contributed by atoms with Crippen LogP contribution in [0.1, 0.15) is 20.8 Å². The Morgan fingerprint density at radius 2 is 2.07 bits per heavy atom. The lowest BCUT2D eigenvalue weighted by Crippen LogP contribution is -2.40. The largest absolute Gasteiger partial charge is 0.444 e. The summed E-state index contributed by atoms with van der Waals surface area (Å²) in [6.45, 7) is 6.16. The van der Waals surface area contributed by atoms with Crippen LogP contribution in [0.4, 0.5) is 4.79 Å². The van der Waals surface area contributed by atoms with Crippen LogP contribution in [0.3, 0.4) is 0 Å². The van der Waals surface area contributed by atoms with E-state index in [1.807, 2.05) is 20.8 Å². The zero-order valence-electron chi connectivity index (χ0n) is 9.29. The fourth-order valence-corrected chi connectivity index (χ4v) is 0.774. The van der Waals surface area contributed by atoms with Gasteiger partial charge in [0.05, 0.1) is 6.10 Å².